The molecule has 37 heavy (non-hydrogen) atoms. The van der Waals surface area contributed by atoms with Crippen LogP contribution in [0.3, 0.4) is 0 Å². The number of hydrogen-bond donors (Lipinski definition) is 0. The van der Waals surface area contributed by atoms with Gasteiger partial charge in [-0.25, -0.2) is 0 Å². The van der Waals surface area contributed by atoms with Crippen molar-refractivity contribution in [3.8, 4) is 16.8 Å². The average molecular weight is 492 g/mol. The molecule has 0 spiro atoms. The summed E-state index contributed by atoms with van der Waals surface area (Å²) in [5.74, 6) is 0. The summed E-state index contributed by atoms with van der Waals surface area (Å²) < 4.78 is 17.9. The zero-order chi connectivity index (χ0) is 24.6. The molecular weight excluding hydrogens is 469 g/mol. The lowest BCUT2D eigenvalue weighted by Crippen LogP contribution is -2.22. The Hall–Kier alpha value is -4.39. The van der Waals surface area contributed by atoms with E-state index in [-0.39, 0.29) is 0 Å². The minimum absolute atomic E-state index is 0.878. The van der Waals surface area contributed by atoms with E-state index in [0.717, 1.165) is 49.1 Å². The summed E-state index contributed by atoms with van der Waals surface area (Å²) >= 11 is 0. The summed E-state index contributed by atoms with van der Waals surface area (Å²) in [6.45, 7) is 0. The van der Waals surface area contributed by atoms with Crippen LogP contribution >= 0.6 is 7.14 Å². The molecule has 7 aromatic rings. The van der Waals surface area contributed by atoms with Gasteiger partial charge < -0.3 is 9.13 Å². The molecule has 0 N–H and O–H groups in total. The van der Waals surface area contributed by atoms with Crippen LogP contribution in [0.2, 0.25) is 0 Å². The monoisotopic (exact) mass is 491 g/mol. The molecule has 2 heterocycles. The second kappa shape index (κ2) is 7.56. The minimum atomic E-state index is -3.13. The molecule has 6 aromatic carbocycles. The lowest BCUT2D eigenvalue weighted by Gasteiger charge is -2.19. The van der Waals surface area contributed by atoms with Crippen molar-refractivity contribution in [2.75, 3.05) is 0 Å². The molecule has 0 saturated heterocycles. The topological polar surface area (TPSA) is 22.0 Å². The maximum absolute atomic E-state index is 15.6. The highest BCUT2D eigenvalue weighted by Gasteiger charge is 2.42. The largest absolute Gasteiger partial charge is 0.309 e. The van der Waals surface area contributed by atoms with E-state index >= 15 is 4.57 Å². The van der Waals surface area contributed by atoms with Gasteiger partial charge in [-0.15, -0.1) is 0 Å². The highest BCUT2D eigenvalue weighted by Crippen LogP contribution is 2.55. The maximum Gasteiger partial charge on any atom is 0.174 e. The van der Waals surface area contributed by atoms with Gasteiger partial charge in [0.2, 0.25) is 0 Å². The van der Waals surface area contributed by atoms with E-state index in [2.05, 4.69) is 95.6 Å². The third-order valence-electron chi connectivity index (χ3n) is 7.79. The molecule has 0 aliphatic carbocycles. The number of para-hydroxylation sites is 1. The maximum atomic E-state index is 15.6. The van der Waals surface area contributed by atoms with E-state index < -0.39 is 7.14 Å². The van der Waals surface area contributed by atoms with Gasteiger partial charge in [-0.2, -0.15) is 0 Å². The van der Waals surface area contributed by atoms with Crippen LogP contribution in [-0.2, 0) is 4.57 Å². The summed E-state index contributed by atoms with van der Waals surface area (Å²) in [5, 5.41) is 7.42. The molecule has 0 saturated carbocycles. The standard InChI is InChI=1S/C34H22NOP/c36-37(24-13-2-1-3-14-24)32-20-9-7-17-27(32)29-22-21-28-26-16-6-8-18-31(26)35(33(28)34(29)37)30-19-10-12-23-11-4-5-15-25(23)30/h1-22H. The molecular formula is C34H22NOP. The first-order valence-electron chi connectivity index (χ1n) is 12.6. The van der Waals surface area contributed by atoms with Crippen LogP contribution in [0.15, 0.2) is 133 Å². The van der Waals surface area contributed by atoms with E-state index in [0.29, 0.717) is 0 Å². The van der Waals surface area contributed by atoms with Crippen molar-refractivity contribution in [3.05, 3.63) is 133 Å². The van der Waals surface area contributed by atoms with E-state index in [1.165, 1.54) is 16.2 Å². The van der Waals surface area contributed by atoms with Gasteiger partial charge in [0, 0.05) is 26.8 Å². The number of aromatic nitrogens is 1. The molecule has 8 rings (SSSR count). The summed E-state index contributed by atoms with van der Waals surface area (Å²) in [5.41, 5.74) is 5.41. The number of nitrogens with zero attached hydrogens (tertiary/aromatic N) is 1. The predicted octanol–water partition coefficient (Wildman–Crippen LogP) is 7.56. The van der Waals surface area contributed by atoms with E-state index in [9.17, 15) is 0 Å². The van der Waals surface area contributed by atoms with Crippen LogP contribution in [0.25, 0.3) is 49.4 Å². The number of fused-ring (bicyclic) bond motifs is 8. The van der Waals surface area contributed by atoms with Gasteiger partial charge in [0.1, 0.15) is 0 Å². The highest BCUT2D eigenvalue weighted by molar-refractivity contribution is 7.86. The van der Waals surface area contributed by atoms with Gasteiger partial charge in [-0.3, -0.25) is 0 Å². The van der Waals surface area contributed by atoms with Crippen molar-refractivity contribution >= 4 is 55.6 Å². The molecule has 0 bridgehead atoms. The van der Waals surface area contributed by atoms with Crippen molar-refractivity contribution in [1.82, 2.24) is 4.57 Å². The molecule has 0 amide bonds. The lowest BCUT2D eigenvalue weighted by molar-refractivity contribution is 0.593. The van der Waals surface area contributed by atoms with Gasteiger partial charge in [0.05, 0.1) is 22.0 Å². The molecule has 0 radical (unpaired) electrons. The van der Waals surface area contributed by atoms with Crippen molar-refractivity contribution < 1.29 is 4.57 Å². The molecule has 1 atom stereocenters. The predicted molar refractivity (Wildman–Crippen MR) is 157 cm³/mol. The van der Waals surface area contributed by atoms with Crippen LogP contribution in [-0.4, -0.2) is 4.57 Å². The quantitative estimate of drug-likeness (QED) is 0.229. The molecule has 2 nitrogen and oxygen atoms in total. The van der Waals surface area contributed by atoms with Gasteiger partial charge in [-0.05, 0) is 28.6 Å². The molecule has 1 aliphatic rings. The third-order valence-corrected chi connectivity index (χ3v) is 11.0. The fourth-order valence-electron chi connectivity index (χ4n) is 6.23. The zero-order valence-electron chi connectivity index (χ0n) is 20.0. The smallest absolute Gasteiger partial charge is 0.174 e. The normalized spacial score (nSPS) is 16.3. The van der Waals surface area contributed by atoms with Gasteiger partial charge in [0.15, 0.2) is 7.14 Å². The highest BCUT2D eigenvalue weighted by atomic mass is 31.2. The Kier molecular flexibility index (Phi) is 4.24. The average Bonchev–Trinajstić information content (AvgIpc) is 3.44. The first-order valence-corrected chi connectivity index (χ1v) is 14.3. The summed E-state index contributed by atoms with van der Waals surface area (Å²) in [6.07, 6.45) is 0. The van der Waals surface area contributed by atoms with E-state index in [1.807, 2.05) is 42.5 Å². The zero-order valence-corrected chi connectivity index (χ0v) is 20.9. The first-order chi connectivity index (χ1) is 18.3. The lowest BCUT2D eigenvalue weighted by atomic mass is 10.0. The Balaban J connectivity index is 1.63. The van der Waals surface area contributed by atoms with Crippen molar-refractivity contribution in [2.45, 2.75) is 0 Å². The Labute approximate surface area is 214 Å². The molecule has 174 valence electrons. The van der Waals surface area contributed by atoms with Crippen molar-refractivity contribution in [1.29, 1.82) is 0 Å². The molecule has 1 unspecified atom stereocenters. The van der Waals surface area contributed by atoms with Crippen molar-refractivity contribution in [3.63, 3.8) is 0 Å². The SMILES string of the molecule is O=P1(c2ccccc2)c2ccccc2-c2ccc3c4ccccc4n(-c4cccc5ccccc45)c3c21. The Morgan fingerprint density at radius 3 is 2.11 bits per heavy atom. The van der Waals surface area contributed by atoms with Gasteiger partial charge in [0.25, 0.3) is 0 Å². The summed E-state index contributed by atoms with van der Waals surface area (Å²) in [7, 11) is -3.13. The van der Waals surface area contributed by atoms with Crippen LogP contribution in [0, 0.1) is 0 Å². The second-order valence-electron chi connectivity index (χ2n) is 9.67. The van der Waals surface area contributed by atoms with Gasteiger partial charge in [-0.1, -0.05) is 121 Å². The van der Waals surface area contributed by atoms with Crippen LogP contribution in [0.5, 0.6) is 0 Å². The molecule has 1 aromatic heterocycles. The number of benzene rings is 6. The fourth-order valence-corrected chi connectivity index (χ4v) is 9.48. The fraction of sp³-hybridized carbons (Fsp3) is 0. The first kappa shape index (κ1) is 20.8. The number of rotatable bonds is 2. The van der Waals surface area contributed by atoms with Gasteiger partial charge >= 0.3 is 0 Å². The molecule has 3 heteroatoms. The Morgan fingerprint density at radius 1 is 0.514 bits per heavy atom. The van der Waals surface area contributed by atoms with E-state index in [1.54, 1.807) is 0 Å². The molecule has 0 fully saturated rings. The third kappa shape index (κ3) is 2.68. The summed E-state index contributed by atoms with van der Waals surface area (Å²) in [4.78, 5) is 0. The Morgan fingerprint density at radius 2 is 1.22 bits per heavy atom. The molecule has 1 aliphatic heterocycles. The van der Waals surface area contributed by atoms with Crippen LogP contribution in [0.1, 0.15) is 0 Å². The van der Waals surface area contributed by atoms with Crippen LogP contribution < -0.4 is 15.9 Å². The minimum Gasteiger partial charge on any atom is -0.309 e. The van der Waals surface area contributed by atoms with E-state index in [4.69, 9.17) is 0 Å². The van der Waals surface area contributed by atoms with Crippen LogP contribution in [0.4, 0.5) is 0 Å². The van der Waals surface area contributed by atoms with Crippen molar-refractivity contribution in [2.24, 2.45) is 0 Å². The Bertz CT molecular complexity index is 2060. The summed E-state index contributed by atoms with van der Waals surface area (Å²) in [6, 6.07) is 46.2. The number of hydrogen-bond acceptors (Lipinski definition) is 1. The second-order valence-corrected chi connectivity index (χ2v) is 12.3.